The van der Waals surface area contributed by atoms with Crippen molar-refractivity contribution in [2.45, 2.75) is 25.8 Å². The summed E-state index contributed by atoms with van der Waals surface area (Å²) in [7, 11) is 1.63. The van der Waals surface area contributed by atoms with Gasteiger partial charge in [-0.1, -0.05) is 0 Å². The molecule has 0 bridgehead atoms. The molecular formula is C9H13N3O. The van der Waals surface area contributed by atoms with Gasteiger partial charge in [-0.25, -0.2) is 4.98 Å². The predicted octanol–water partition coefficient (Wildman–Crippen LogP) is 0.579. The molecule has 1 aliphatic rings. The van der Waals surface area contributed by atoms with Crippen LogP contribution in [0, 0.1) is 0 Å². The van der Waals surface area contributed by atoms with Gasteiger partial charge in [0.05, 0.1) is 0 Å². The number of aryl methyl sites for hydroxylation is 2. The van der Waals surface area contributed by atoms with E-state index in [2.05, 4.69) is 14.9 Å². The smallest absolute Gasteiger partial charge is 0.271 e. The van der Waals surface area contributed by atoms with Crippen molar-refractivity contribution >= 4 is 5.91 Å². The summed E-state index contributed by atoms with van der Waals surface area (Å²) < 4.78 is 2.08. The second kappa shape index (κ2) is 3.20. The Labute approximate surface area is 77.0 Å². The van der Waals surface area contributed by atoms with E-state index in [4.69, 9.17) is 0 Å². The molecule has 4 nitrogen and oxygen atoms in total. The number of amides is 1. The Kier molecular flexibility index (Phi) is 2.04. The molecule has 1 aromatic rings. The van der Waals surface area contributed by atoms with E-state index in [0.29, 0.717) is 5.69 Å². The number of imidazole rings is 1. The highest BCUT2D eigenvalue weighted by molar-refractivity contribution is 5.91. The molecular weight excluding hydrogens is 166 g/mol. The molecule has 1 amide bonds. The highest BCUT2D eigenvalue weighted by Crippen LogP contribution is 2.14. The first-order valence-electron chi connectivity index (χ1n) is 4.59. The summed E-state index contributed by atoms with van der Waals surface area (Å²) >= 11 is 0. The first-order valence-corrected chi connectivity index (χ1v) is 4.59. The van der Waals surface area contributed by atoms with Crippen LogP contribution in [0.3, 0.4) is 0 Å². The van der Waals surface area contributed by atoms with Gasteiger partial charge in [-0.2, -0.15) is 0 Å². The lowest BCUT2D eigenvalue weighted by molar-refractivity contribution is 0.0958. The van der Waals surface area contributed by atoms with E-state index >= 15 is 0 Å². The van der Waals surface area contributed by atoms with E-state index in [-0.39, 0.29) is 5.91 Å². The van der Waals surface area contributed by atoms with Crippen LogP contribution in [0.5, 0.6) is 0 Å². The highest BCUT2D eigenvalue weighted by atomic mass is 16.1. The molecule has 0 radical (unpaired) electrons. The maximum Gasteiger partial charge on any atom is 0.271 e. The zero-order chi connectivity index (χ0) is 9.26. The second-order valence-corrected chi connectivity index (χ2v) is 3.27. The second-order valence-electron chi connectivity index (χ2n) is 3.27. The maximum absolute atomic E-state index is 11.2. The minimum Gasteiger partial charge on any atom is -0.354 e. The van der Waals surface area contributed by atoms with Gasteiger partial charge < -0.3 is 9.88 Å². The monoisotopic (exact) mass is 179 g/mol. The first kappa shape index (κ1) is 8.29. The molecule has 70 valence electrons. The van der Waals surface area contributed by atoms with E-state index in [0.717, 1.165) is 18.8 Å². The van der Waals surface area contributed by atoms with Crippen LogP contribution in [-0.4, -0.2) is 22.5 Å². The fourth-order valence-electron chi connectivity index (χ4n) is 1.65. The van der Waals surface area contributed by atoms with Crippen LogP contribution in [0.2, 0.25) is 0 Å². The molecule has 0 aliphatic carbocycles. The van der Waals surface area contributed by atoms with E-state index in [1.165, 1.54) is 12.8 Å². The minimum absolute atomic E-state index is 0.0955. The minimum atomic E-state index is -0.0955. The topological polar surface area (TPSA) is 46.9 Å². The molecule has 0 saturated carbocycles. The molecule has 0 aromatic carbocycles. The molecule has 0 spiro atoms. The molecule has 13 heavy (non-hydrogen) atoms. The van der Waals surface area contributed by atoms with Crippen molar-refractivity contribution in [3.63, 3.8) is 0 Å². The predicted molar refractivity (Wildman–Crippen MR) is 48.6 cm³/mol. The number of hydrogen-bond donors (Lipinski definition) is 1. The van der Waals surface area contributed by atoms with Crippen LogP contribution in [0.15, 0.2) is 6.20 Å². The van der Waals surface area contributed by atoms with E-state index < -0.39 is 0 Å². The molecule has 1 aliphatic heterocycles. The third-order valence-electron chi connectivity index (χ3n) is 2.37. The lowest BCUT2D eigenvalue weighted by Crippen LogP contribution is -2.18. The third kappa shape index (κ3) is 1.43. The van der Waals surface area contributed by atoms with Crippen molar-refractivity contribution < 1.29 is 4.79 Å². The summed E-state index contributed by atoms with van der Waals surface area (Å²) in [6.45, 7) is 0.999. The fourth-order valence-corrected chi connectivity index (χ4v) is 1.65. The quantitative estimate of drug-likeness (QED) is 0.685. The lowest BCUT2D eigenvalue weighted by Gasteiger charge is -2.11. The van der Waals surface area contributed by atoms with Crippen molar-refractivity contribution in [1.29, 1.82) is 0 Å². The Morgan fingerprint density at radius 3 is 3.15 bits per heavy atom. The van der Waals surface area contributed by atoms with Crippen molar-refractivity contribution in [1.82, 2.24) is 14.9 Å². The highest BCUT2D eigenvalue weighted by Gasteiger charge is 2.15. The molecule has 0 fully saturated rings. The Bertz CT molecular complexity index is 306. The van der Waals surface area contributed by atoms with E-state index in [1.54, 1.807) is 7.05 Å². The Morgan fingerprint density at radius 2 is 2.46 bits per heavy atom. The van der Waals surface area contributed by atoms with Crippen LogP contribution in [0.25, 0.3) is 0 Å². The summed E-state index contributed by atoms with van der Waals surface area (Å²) in [6, 6.07) is 0. The summed E-state index contributed by atoms with van der Waals surface area (Å²) in [5, 5.41) is 2.58. The molecule has 2 heterocycles. The average Bonchev–Trinajstić information content (AvgIpc) is 2.59. The van der Waals surface area contributed by atoms with Crippen molar-refractivity contribution in [3.8, 4) is 0 Å². The Hall–Kier alpha value is -1.32. The molecule has 0 atom stereocenters. The van der Waals surface area contributed by atoms with Crippen LogP contribution in [0.4, 0.5) is 0 Å². The SMILES string of the molecule is CNC(=O)c1cn2c(n1)CCCC2. The molecule has 4 heteroatoms. The van der Waals surface area contributed by atoms with Crippen LogP contribution in [0.1, 0.15) is 29.2 Å². The Balaban J connectivity index is 2.30. The molecule has 1 N–H and O–H groups in total. The average molecular weight is 179 g/mol. The van der Waals surface area contributed by atoms with Gasteiger partial charge in [-0.3, -0.25) is 4.79 Å². The molecule has 1 aromatic heterocycles. The first-order chi connectivity index (χ1) is 6.31. The van der Waals surface area contributed by atoms with Crippen LogP contribution >= 0.6 is 0 Å². The van der Waals surface area contributed by atoms with Gasteiger partial charge in [-0.05, 0) is 12.8 Å². The van der Waals surface area contributed by atoms with E-state index in [9.17, 15) is 4.79 Å². The van der Waals surface area contributed by atoms with Crippen molar-refractivity contribution in [3.05, 3.63) is 17.7 Å². The van der Waals surface area contributed by atoms with Crippen LogP contribution in [-0.2, 0) is 13.0 Å². The summed E-state index contributed by atoms with van der Waals surface area (Å²) in [6.07, 6.45) is 5.21. The number of fused-ring (bicyclic) bond motifs is 1. The third-order valence-corrected chi connectivity index (χ3v) is 2.37. The number of carbonyl (C=O) groups excluding carboxylic acids is 1. The van der Waals surface area contributed by atoms with Gasteiger partial charge in [0.1, 0.15) is 11.5 Å². The normalized spacial score (nSPS) is 15.2. The number of nitrogens with one attached hydrogen (secondary N) is 1. The van der Waals surface area contributed by atoms with Crippen molar-refractivity contribution in [2.24, 2.45) is 0 Å². The largest absolute Gasteiger partial charge is 0.354 e. The number of aromatic nitrogens is 2. The van der Waals surface area contributed by atoms with Gasteiger partial charge in [0.2, 0.25) is 0 Å². The fraction of sp³-hybridized carbons (Fsp3) is 0.556. The molecule has 2 rings (SSSR count). The van der Waals surface area contributed by atoms with Crippen molar-refractivity contribution in [2.75, 3.05) is 7.05 Å². The zero-order valence-electron chi connectivity index (χ0n) is 7.71. The molecule has 0 saturated heterocycles. The van der Waals surface area contributed by atoms with Gasteiger partial charge in [0, 0.05) is 26.2 Å². The van der Waals surface area contributed by atoms with Gasteiger partial charge in [-0.15, -0.1) is 0 Å². The summed E-state index contributed by atoms with van der Waals surface area (Å²) in [5.41, 5.74) is 0.541. The number of hydrogen-bond acceptors (Lipinski definition) is 2. The van der Waals surface area contributed by atoms with Gasteiger partial charge in [0.15, 0.2) is 0 Å². The summed E-state index contributed by atoms with van der Waals surface area (Å²) in [5.74, 6) is 0.951. The number of rotatable bonds is 1. The molecule has 0 unspecified atom stereocenters. The van der Waals surface area contributed by atoms with Gasteiger partial charge >= 0.3 is 0 Å². The Morgan fingerprint density at radius 1 is 1.62 bits per heavy atom. The zero-order valence-corrected chi connectivity index (χ0v) is 7.71. The standard InChI is InChI=1S/C9H13N3O/c1-10-9(13)7-6-12-5-3-2-4-8(12)11-7/h6H,2-5H2,1H3,(H,10,13). The number of carbonyl (C=O) groups is 1. The van der Waals surface area contributed by atoms with Gasteiger partial charge in [0.25, 0.3) is 5.91 Å². The summed E-state index contributed by atoms with van der Waals surface area (Å²) in [4.78, 5) is 15.5. The van der Waals surface area contributed by atoms with E-state index in [1.807, 2.05) is 6.20 Å². The van der Waals surface area contributed by atoms with Crippen LogP contribution < -0.4 is 5.32 Å². The maximum atomic E-state index is 11.2. The lowest BCUT2D eigenvalue weighted by atomic mass is 10.2. The number of nitrogens with zero attached hydrogens (tertiary/aromatic N) is 2.